The summed E-state index contributed by atoms with van der Waals surface area (Å²) in [5.41, 5.74) is 0. The van der Waals surface area contributed by atoms with Crippen LogP contribution < -0.4 is 10.0 Å². The first kappa shape index (κ1) is 15.0. The Labute approximate surface area is 129 Å². The molecule has 1 aliphatic carbocycles. The second kappa shape index (κ2) is 6.06. The van der Waals surface area contributed by atoms with E-state index in [1.807, 2.05) is 24.3 Å². The highest BCUT2D eigenvalue weighted by Crippen LogP contribution is 2.19. The Balaban J connectivity index is 1.64. The lowest BCUT2D eigenvalue weighted by Gasteiger charge is -2.08. The molecule has 2 aromatic rings. The zero-order valence-corrected chi connectivity index (χ0v) is 12.9. The van der Waals surface area contributed by atoms with Crippen molar-refractivity contribution >= 4 is 26.7 Å². The number of benzene rings is 2. The van der Waals surface area contributed by atoms with E-state index in [9.17, 15) is 13.2 Å². The normalized spacial score (nSPS) is 14.9. The van der Waals surface area contributed by atoms with E-state index in [2.05, 4.69) is 10.0 Å². The first-order chi connectivity index (χ1) is 10.5. The number of carbonyl (C=O) groups excluding carboxylic acids is 1. The fourth-order valence-corrected chi connectivity index (χ4v) is 3.31. The number of fused-ring (bicyclic) bond motifs is 1. The molecule has 6 heteroatoms. The molecule has 0 aromatic heterocycles. The molecular formula is C16H18N2O3S. The highest BCUT2D eigenvalue weighted by Gasteiger charge is 2.23. The molecule has 22 heavy (non-hydrogen) atoms. The van der Waals surface area contributed by atoms with Gasteiger partial charge in [0, 0.05) is 19.0 Å². The van der Waals surface area contributed by atoms with E-state index in [0.29, 0.717) is 6.04 Å². The predicted octanol–water partition coefficient (Wildman–Crippen LogP) is 1.79. The van der Waals surface area contributed by atoms with Crippen molar-refractivity contribution in [3.05, 3.63) is 42.5 Å². The molecular weight excluding hydrogens is 300 g/mol. The van der Waals surface area contributed by atoms with Gasteiger partial charge in [0.15, 0.2) is 0 Å². The second-order valence-corrected chi connectivity index (χ2v) is 7.27. The first-order valence-corrected chi connectivity index (χ1v) is 8.81. The number of hydrogen-bond donors (Lipinski definition) is 2. The van der Waals surface area contributed by atoms with Gasteiger partial charge in [0.1, 0.15) is 0 Å². The van der Waals surface area contributed by atoms with Gasteiger partial charge in [-0.25, -0.2) is 13.1 Å². The second-order valence-electron chi connectivity index (χ2n) is 5.50. The maximum absolute atomic E-state index is 12.2. The van der Waals surface area contributed by atoms with Gasteiger partial charge >= 0.3 is 0 Å². The molecule has 1 amide bonds. The summed E-state index contributed by atoms with van der Waals surface area (Å²) < 4.78 is 27.0. The maximum atomic E-state index is 12.2. The average Bonchev–Trinajstić information content (AvgIpc) is 3.30. The molecule has 2 N–H and O–H groups in total. The van der Waals surface area contributed by atoms with Gasteiger partial charge in [0.25, 0.3) is 0 Å². The van der Waals surface area contributed by atoms with Crippen LogP contribution in [0.5, 0.6) is 0 Å². The molecule has 0 atom stereocenters. The van der Waals surface area contributed by atoms with Crippen molar-refractivity contribution in [2.75, 3.05) is 6.54 Å². The maximum Gasteiger partial charge on any atom is 0.240 e. The Hall–Kier alpha value is -1.92. The van der Waals surface area contributed by atoms with E-state index in [-0.39, 0.29) is 23.8 Å². The summed E-state index contributed by atoms with van der Waals surface area (Å²) in [7, 11) is -3.59. The highest BCUT2D eigenvalue weighted by atomic mass is 32.2. The van der Waals surface area contributed by atoms with Crippen molar-refractivity contribution in [1.29, 1.82) is 0 Å². The number of nitrogens with one attached hydrogen (secondary N) is 2. The highest BCUT2D eigenvalue weighted by molar-refractivity contribution is 7.89. The Kier molecular flexibility index (Phi) is 4.13. The molecule has 2 aromatic carbocycles. The summed E-state index contributed by atoms with van der Waals surface area (Å²) in [4.78, 5) is 11.8. The number of hydrogen-bond acceptors (Lipinski definition) is 3. The smallest absolute Gasteiger partial charge is 0.240 e. The molecule has 0 aliphatic heterocycles. The summed E-state index contributed by atoms with van der Waals surface area (Å²) >= 11 is 0. The van der Waals surface area contributed by atoms with Crippen LogP contribution in [0, 0.1) is 0 Å². The van der Waals surface area contributed by atoms with Gasteiger partial charge in [-0.05, 0) is 35.7 Å². The molecule has 5 nitrogen and oxygen atoms in total. The van der Waals surface area contributed by atoms with E-state index < -0.39 is 10.0 Å². The molecule has 0 unspecified atom stereocenters. The van der Waals surface area contributed by atoms with Crippen LogP contribution in [0.2, 0.25) is 0 Å². The van der Waals surface area contributed by atoms with Gasteiger partial charge in [-0.1, -0.05) is 30.3 Å². The predicted molar refractivity (Wildman–Crippen MR) is 84.9 cm³/mol. The third kappa shape index (κ3) is 3.64. The zero-order valence-electron chi connectivity index (χ0n) is 12.1. The summed E-state index contributed by atoms with van der Waals surface area (Å²) in [5, 5.41) is 4.69. The van der Waals surface area contributed by atoms with Crippen molar-refractivity contribution in [1.82, 2.24) is 10.0 Å². The van der Waals surface area contributed by atoms with Crippen LogP contribution in [-0.2, 0) is 14.8 Å². The summed E-state index contributed by atoms with van der Waals surface area (Å²) in [6.45, 7) is 0.105. The minimum absolute atomic E-state index is 0.105. The Morgan fingerprint density at radius 1 is 1.09 bits per heavy atom. The summed E-state index contributed by atoms with van der Waals surface area (Å²) in [5.74, 6) is -0.108. The topological polar surface area (TPSA) is 75.3 Å². The van der Waals surface area contributed by atoms with Crippen LogP contribution in [0.3, 0.4) is 0 Å². The molecule has 1 fully saturated rings. The zero-order chi connectivity index (χ0) is 15.6. The van der Waals surface area contributed by atoms with E-state index in [4.69, 9.17) is 0 Å². The first-order valence-electron chi connectivity index (χ1n) is 7.32. The minimum Gasteiger partial charge on any atom is -0.353 e. The molecule has 0 heterocycles. The standard InChI is InChI=1S/C16H18N2O3S/c19-16(18-14-6-7-14)9-10-17-22(20,21)15-8-5-12-3-1-2-4-13(12)11-15/h1-5,8,11,14,17H,6-7,9-10H2,(H,18,19). The number of carbonyl (C=O) groups is 1. The largest absolute Gasteiger partial charge is 0.353 e. The van der Waals surface area contributed by atoms with E-state index in [1.165, 1.54) is 0 Å². The lowest BCUT2D eigenvalue weighted by atomic mass is 10.1. The number of rotatable bonds is 6. The Morgan fingerprint density at radius 3 is 2.55 bits per heavy atom. The fourth-order valence-electron chi connectivity index (χ4n) is 2.24. The fraction of sp³-hybridized carbons (Fsp3) is 0.312. The molecule has 0 spiro atoms. The summed E-state index contributed by atoms with van der Waals surface area (Å²) in [6.07, 6.45) is 2.20. The van der Waals surface area contributed by atoms with Crippen LogP contribution in [0.15, 0.2) is 47.4 Å². The molecule has 0 bridgehead atoms. The van der Waals surface area contributed by atoms with E-state index in [1.54, 1.807) is 18.2 Å². The third-order valence-electron chi connectivity index (χ3n) is 3.62. The molecule has 3 rings (SSSR count). The van der Waals surface area contributed by atoms with Crippen molar-refractivity contribution in [2.45, 2.75) is 30.2 Å². The molecule has 1 saturated carbocycles. The quantitative estimate of drug-likeness (QED) is 0.852. The van der Waals surface area contributed by atoms with Gasteiger partial charge in [-0.3, -0.25) is 4.79 Å². The molecule has 0 saturated heterocycles. The Morgan fingerprint density at radius 2 is 1.82 bits per heavy atom. The number of sulfonamides is 1. The average molecular weight is 318 g/mol. The monoisotopic (exact) mass is 318 g/mol. The minimum atomic E-state index is -3.59. The summed E-state index contributed by atoms with van der Waals surface area (Å²) in [6, 6.07) is 12.9. The van der Waals surface area contributed by atoms with Gasteiger partial charge < -0.3 is 5.32 Å². The van der Waals surface area contributed by atoms with Crippen LogP contribution >= 0.6 is 0 Å². The van der Waals surface area contributed by atoms with Crippen molar-refractivity contribution in [3.63, 3.8) is 0 Å². The molecule has 0 radical (unpaired) electrons. The van der Waals surface area contributed by atoms with Crippen molar-refractivity contribution < 1.29 is 13.2 Å². The van der Waals surface area contributed by atoms with Crippen molar-refractivity contribution in [2.24, 2.45) is 0 Å². The van der Waals surface area contributed by atoms with Gasteiger partial charge in [0.05, 0.1) is 4.90 Å². The van der Waals surface area contributed by atoms with Crippen LogP contribution in [0.1, 0.15) is 19.3 Å². The Bertz CT molecular complexity index is 798. The lowest BCUT2D eigenvalue weighted by Crippen LogP contribution is -2.31. The van der Waals surface area contributed by atoms with Gasteiger partial charge in [-0.15, -0.1) is 0 Å². The van der Waals surface area contributed by atoms with Gasteiger partial charge in [0.2, 0.25) is 15.9 Å². The number of amides is 1. The lowest BCUT2D eigenvalue weighted by molar-refractivity contribution is -0.121. The SMILES string of the molecule is O=C(CCNS(=O)(=O)c1ccc2ccccc2c1)NC1CC1. The van der Waals surface area contributed by atoms with Gasteiger partial charge in [-0.2, -0.15) is 0 Å². The van der Waals surface area contributed by atoms with E-state index >= 15 is 0 Å². The van der Waals surface area contributed by atoms with Crippen LogP contribution in [0.25, 0.3) is 10.8 Å². The van der Waals surface area contributed by atoms with Crippen molar-refractivity contribution in [3.8, 4) is 0 Å². The van der Waals surface area contributed by atoms with Crippen LogP contribution in [-0.4, -0.2) is 26.9 Å². The van der Waals surface area contributed by atoms with E-state index in [0.717, 1.165) is 23.6 Å². The molecule has 116 valence electrons. The van der Waals surface area contributed by atoms with Crippen LogP contribution in [0.4, 0.5) is 0 Å². The third-order valence-corrected chi connectivity index (χ3v) is 5.08. The molecule has 1 aliphatic rings.